The molecule has 0 radical (unpaired) electrons. The van der Waals surface area contributed by atoms with Crippen LogP contribution in [-0.4, -0.2) is 26.2 Å². The van der Waals surface area contributed by atoms with Gasteiger partial charge < -0.3 is 14.8 Å². The fourth-order valence-corrected chi connectivity index (χ4v) is 1.49. The first-order valence-corrected chi connectivity index (χ1v) is 5.77. The van der Waals surface area contributed by atoms with Gasteiger partial charge >= 0.3 is 5.97 Å². The lowest BCUT2D eigenvalue weighted by molar-refractivity contribution is -0.140. The van der Waals surface area contributed by atoms with Crippen LogP contribution in [0.4, 0.5) is 5.69 Å². The van der Waals surface area contributed by atoms with Crippen LogP contribution in [0.15, 0.2) is 18.2 Å². The Labute approximate surface area is 102 Å². The Morgan fingerprint density at radius 1 is 1.35 bits per heavy atom. The van der Waals surface area contributed by atoms with Gasteiger partial charge in [-0.05, 0) is 31.0 Å². The van der Waals surface area contributed by atoms with Crippen molar-refractivity contribution in [1.82, 2.24) is 0 Å². The summed E-state index contributed by atoms with van der Waals surface area (Å²) in [6, 6.07) is 5.89. The molecule has 0 amide bonds. The third kappa shape index (κ3) is 3.98. The second-order valence-corrected chi connectivity index (χ2v) is 3.55. The Bertz CT molecular complexity index is 377. The average molecular weight is 237 g/mol. The molecule has 4 nitrogen and oxygen atoms in total. The smallest absolute Gasteiger partial charge is 0.325 e. The van der Waals surface area contributed by atoms with Crippen LogP contribution < -0.4 is 10.1 Å². The fraction of sp³-hybridized carbons (Fsp3) is 0.462. The summed E-state index contributed by atoms with van der Waals surface area (Å²) in [7, 11) is 1.61. The topological polar surface area (TPSA) is 47.6 Å². The molecular formula is C13H19NO3. The molecule has 0 aliphatic heterocycles. The number of aryl methyl sites for hydroxylation is 1. The van der Waals surface area contributed by atoms with Gasteiger partial charge in [-0.25, -0.2) is 0 Å². The summed E-state index contributed by atoms with van der Waals surface area (Å²) in [5, 5.41) is 3.02. The van der Waals surface area contributed by atoms with Gasteiger partial charge in [-0.3, -0.25) is 4.79 Å². The van der Waals surface area contributed by atoms with Crippen LogP contribution >= 0.6 is 0 Å². The summed E-state index contributed by atoms with van der Waals surface area (Å²) < 4.78 is 10.1. The highest BCUT2D eigenvalue weighted by molar-refractivity contribution is 5.76. The Morgan fingerprint density at radius 2 is 2.12 bits per heavy atom. The van der Waals surface area contributed by atoms with E-state index in [9.17, 15) is 4.79 Å². The number of methoxy groups -OCH3 is 1. The van der Waals surface area contributed by atoms with Crippen molar-refractivity contribution in [2.45, 2.75) is 20.3 Å². The summed E-state index contributed by atoms with van der Waals surface area (Å²) >= 11 is 0. The maximum atomic E-state index is 11.2. The highest BCUT2D eigenvalue weighted by Gasteiger charge is 2.06. The lowest BCUT2D eigenvalue weighted by Gasteiger charge is -2.12. The van der Waals surface area contributed by atoms with Crippen LogP contribution in [0.2, 0.25) is 0 Å². The van der Waals surface area contributed by atoms with Gasteiger partial charge in [0.05, 0.1) is 19.4 Å². The lowest BCUT2D eigenvalue weighted by atomic mass is 10.1. The predicted molar refractivity (Wildman–Crippen MR) is 67.5 cm³/mol. The Hall–Kier alpha value is -1.71. The Morgan fingerprint density at radius 3 is 2.71 bits per heavy atom. The van der Waals surface area contributed by atoms with Crippen LogP contribution in [0.25, 0.3) is 0 Å². The molecule has 17 heavy (non-hydrogen) atoms. The molecule has 0 heterocycles. The Kier molecular flexibility index (Phi) is 5.33. The maximum Gasteiger partial charge on any atom is 0.325 e. The lowest BCUT2D eigenvalue weighted by Crippen LogP contribution is -2.17. The van der Waals surface area contributed by atoms with Gasteiger partial charge in [0.2, 0.25) is 0 Å². The monoisotopic (exact) mass is 237 g/mol. The number of ether oxygens (including phenoxy) is 2. The van der Waals surface area contributed by atoms with Crippen LogP contribution in [0.5, 0.6) is 5.75 Å². The molecule has 4 heteroatoms. The van der Waals surface area contributed by atoms with Crippen LogP contribution in [0.3, 0.4) is 0 Å². The first kappa shape index (κ1) is 13.4. The maximum absolute atomic E-state index is 11.2. The molecular weight excluding hydrogens is 218 g/mol. The number of hydrogen-bond donors (Lipinski definition) is 1. The van der Waals surface area contributed by atoms with Gasteiger partial charge in [0.15, 0.2) is 0 Å². The second kappa shape index (κ2) is 6.78. The van der Waals surface area contributed by atoms with Gasteiger partial charge in [-0.15, -0.1) is 0 Å². The van der Waals surface area contributed by atoms with Gasteiger partial charge in [-0.1, -0.05) is 13.0 Å². The van der Waals surface area contributed by atoms with E-state index in [-0.39, 0.29) is 12.5 Å². The summed E-state index contributed by atoms with van der Waals surface area (Å²) in [5.41, 5.74) is 2.01. The molecule has 94 valence electrons. The molecule has 1 N–H and O–H groups in total. The van der Waals surface area contributed by atoms with Crippen molar-refractivity contribution in [3.8, 4) is 5.75 Å². The number of nitrogens with one attached hydrogen (secondary N) is 1. The molecule has 0 spiro atoms. The number of carbonyl (C=O) groups is 1. The molecule has 0 unspecified atom stereocenters. The molecule has 1 aromatic carbocycles. The number of anilines is 1. The minimum atomic E-state index is -0.267. The number of hydrogen-bond acceptors (Lipinski definition) is 4. The summed E-state index contributed by atoms with van der Waals surface area (Å²) in [6.45, 7) is 4.41. The normalized spacial score (nSPS) is 9.82. The van der Waals surface area contributed by atoms with E-state index in [1.165, 1.54) is 5.56 Å². The van der Waals surface area contributed by atoms with Crippen molar-refractivity contribution in [2.24, 2.45) is 0 Å². The van der Waals surface area contributed by atoms with E-state index in [0.717, 1.165) is 17.9 Å². The molecule has 0 saturated carbocycles. The van der Waals surface area contributed by atoms with E-state index in [2.05, 4.69) is 12.2 Å². The molecule has 0 aromatic heterocycles. The zero-order chi connectivity index (χ0) is 12.7. The van der Waals surface area contributed by atoms with E-state index in [1.807, 2.05) is 18.2 Å². The zero-order valence-electron chi connectivity index (χ0n) is 10.6. The van der Waals surface area contributed by atoms with E-state index < -0.39 is 0 Å². The van der Waals surface area contributed by atoms with Crippen molar-refractivity contribution in [2.75, 3.05) is 25.6 Å². The van der Waals surface area contributed by atoms with Gasteiger partial charge in [-0.2, -0.15) is 0 Å². The zero-order valence-corrected chi connectivity index (χ0v) is 10.6. The van der Waals surface area contributed by atoms with Gasteiger partial charge in [0.1, 0.15) is 12.3 Å². The summed E-state index contributed by atoms with van der Waals surface area (Å²) in [5.74, 6) is 0.461. The summed E-state index contributed by atoms with van der Waals surface area (Å²) in [6.07, 6.45) is 0.943. The van der Waals surface area contributed by atoms with Gasteiger partial charge in [0.25, 0.3) is 0 Å². The second-order valence-electron chi connectivity index (χ2n) is 3.55. The van der Waals surface area contributed by atoms with Crippen molar-refractivity contribution in [3.63, 3.8) is 0 Å². The number of rotatable bonds is 6. The quantitative estimate of drug-likeness (QED) is 0.771. The van der Waals surface area contributed by atoms with Crippen LogP contribution in [0, 0.1) is 0 Å². The van der Waals surface area contributed by atoms with Crippen LogP contribution in [0.1, 0.15) is 19.4 Å². The van der Waals surface area contributed by atoms with Gasteiger partial charge in [0, 0.05) is 0 Å². The van der Waals surface area contributed by atoms with Crippen LogP contribution in [-0.2, 0) is 16.0 Å². The van der Waals surface area contributed by atoms with E-state index in [1.54, 1.807) is 14.0 Å². The number of carbonyl (C=O) groups excluding carboxylic acids is 1. The van der Waals surface area contributed by atoms with Crippen molar-refractivity contribution in [1.29, 1.82) is 0 Å². The Balaban J connectivity index is 2.70. The highest BCUT2D eigenvalue weighted by Crippen LogP contribution is 2.25. The fourth-order valence-electron chi connectivity index (χ4n) is 1.49. The van der Waals surface area contributed by atoms with Crippen molar-refractivity contribution in [3.05, 3.63) is 23.8 Å². The molecule has 0 atom stereocenters. The van der Waals surface area contributed by atoms with Crippen molar-refractivity contribution >= 4 is 11.7 Å². The molecule has 0 aliphatic carbocycles. The molecule has 0 aliphatic rings. The van der Waals surface area contributed by atoms with E-state index >= 15 is 0 Å². The first-order valence-electron chi connectivity index (χ1n) is 5.77. The minimum absolute atomic E-state index is 0.150. The van der Waals surface area contributed by atoms with Crippen molar-refractivity contribution < 1.29 is 14.3 Å². The third-order valence-electron chi connectivity index (χ3n) is 2.40. The molecule has 0 saturated heterocycles. The number of esters is 1. The predicted octanol–water partition coefficient (Wildman–Crippen LogP) is 2.23. The SMILES string of the molecule is CCOC(=O)CNc1cc(CC)ccc1OC. The van der Waals surface area contributed by atoms with E-state index in [4.69, 9.17) is 9.47 Å². The minimum Gasteiger partial charge on any atom is -0.495 e. The third-order valence-corrected chi connectivity index (χ3v) is 2.40. The first-order chi connectivity index (χ1) is 8.21. The largest absolute Gasteiger partial charge is 0.495 e. The standard InChI is InChI=1S/C13H19NO3/c1-4-10-6-7-12(16-3)11(8-10)14-9-13(15)17-5-2/h6-8,14H,4-5,9H2,1-3H3. The molecule has 0 fully saturated rings. The molecule has 1 rings (SSSR count). The molecule has 1 aromatic rings. The van der Waals surface area contributed by atoms with E-state index in [0.29, 0.717) is 6.61 Å². The average Bonchev–Trinajstić information content (AvgIpc) is 2.36. The molecule has 0 bridgehead atoms. The number of benzene rings is 1. The summed E-state index contributed by atoms with van der Waals surface area (Å²) in [4.78, 5) is 11.2. The highest BCUT2D eigenvalue weighted by atomic mass is 16.5.